The van der Waals surface area contributed by atoms with Gasteiger partial charge >= 0.3 is 0 Å². The molecule has 0 aromatic carbocycles. The molecule has 12 heteroatoms. The molecule has 0 saturated heterocycles. The van der Waals surface area contributed by atoms with E-state index in [-0.39, 0.29) is 44.1 Å². The molecule has 0 spiro atoms. The van der Waals surface area contributed by atoms with Crippen molar-refractivity contribution in [3.8, 4) is 0 Å². The second-order valence-electron chi connectivity index (χ2n) is 11.6. The topological polar surface area (TPSA) is 167 Å². The van der Waals surface area contributed by atoms with E-state index in [1.807, 2.05) is 0 Å². The number of ether oxygens (including phenoxy) is 4. The number of amides is 4. The molecule has 0 fully saturated rings. The lowest BCUT2D eigenvalue weighted by molar-refractivity contribution is -0.127. The molecule has 0 aliphatic rings. The largest absolute Gasteiger partial charge is 0.377 e. The average molecular weight is 659 g/mol. The van der Waals surface area contributed by atoms with E-state index in [0.29, 0.717) is 65.3 Å². The normalized spacial score (nSPS) is 11.0. The molecular weight excluding hydrogens is 592 g/mol. The maximum Gasteiger partial charge on any atom is 0.246 e. The Kier molecular flexibility index (Phi) is 33.8. The van der Waals surface area contributed by atoms with Gasteiger partial charge < -0.3 is 40.6 Å². The zero-order valence-electron chi connectivity index (χ0n) is 28.8. The summed E-state index contributed by atoms with van der Waals surface area (Å²) in [5, 5.41) is 8.36. The standard InChI is InChI=1S/C34H66N4O8/c1-2-3-4-5-6-7-8-9-10-11-12-13-14-15-16-18-32(40)36-20-17-19-33(41)37-21-23-43-26-28-46-30-34(42)38-22-24-44-25-27-45-29-31(35)39/h2-30H2,1H3,(H2,35,39)(H,36,40)(H,37,41)(H,38,42). The summed E-state index contributed by atoms with van der Waals surface area (Å²) >= 11 is 0. The highest BCUT2D eigenvalue weighted by atomic mass is 16.5. The number of rotatable bonds is 36. The summed E-state index contributed by atoms with van der Waals surface area (Å²) < 4.78 is 20.8. The van der Waals surface area contributed by atoms with Crippen LogP contribution < -0.4 is 21.7 Å². The van der Waals surface area contributed by atoms with Crippen LogP contribution in [0, 0.1) is 0 Å². The van der Waals surface area contributed by atoms with Crippen molar-refractivity contribution in [1.29, 1.82) is 0 Å². The molecule has 5 N–H and O–H groups in total. The minimum atomic E-state index is -0.533. The maximum atomic E-state index is 12.0. The zero-order chi connectivity index (χ0) is 33.8. The molecule has 0 heterocycles. The number of unbranched alkanes of at least 4 members (excludes halogenated alkanes) is 14. The Morgan fingerprint density at radius 1 is 0.435 bits per heavy atom. The molecule has 270 valence electrons. The predicted octanol–water partition coefficient (Wildman–Crippen LogP) is 3.93. The predicted molar refractivity (Wildman–Crippen MR) is 180 cm³/mol. The van der Waals surface area contributed by atoms with Gasteiger partial charge in [0, 0.05) is 32.5 Å². The van der Waals surface area contributed by atoms with Gasteiger partial charge in [-0.25, -0.2) is 0 Å². The number of carbonyl (C=O) groups excluding carboxylic acids is 4. The Morgan fingerprint density at radius 3 is 1.33 bits per heavy atom. The molecular formula is C34H66N4O8. The van der Waals surface area contributed by atoms with Gasteiger partial charge in [-0.15, -0.1) is 0 Å². The number of nitrogens with two attached hydrogens (primary N) is 1. The van der Waals surface area contributed by atoms with Gasteiger partial charge in [0.05, 0.1) is 39.6 Å². The summed E-state index contributed by atoms with van der Waals surface area (Å²) in [5.74, 6) is -0.801. The Balaban J connectivity index is 3.34. The summed E-state index contributed by atoms with van der Waals surface area (Å²) in [6.45, 7) is 5.05. The first-order valence-corrected chi connectivity index (χ1v) is 17.8. The van der Waals surface area contributed by atoms with Crippen molar-refractivity contribution < 1.29 is 38.1 Å². The minimum Gasteiger partial charge on any atom is -0.377 e. The second-order valence-corrected chi connectivity index (χ2v) is 11.6. The fourth-order valence-electron chi connectivity index (χ4n) is 4.66. The minimum absolute atomic E-state index is 0.0675. The van der Waals surface area contributed by atoms with Crippen LogP contribution in [-0.4, -0.2) is 96.1 Å². The van der Waals surface area contributed by atoms with Crippen molar-refractivity contribution in [3.63, 3.8) is 0 Å². The van der Waals surface area contributed by atoms with Crippen molar-refractivity contribution in [2.45, 2.75) is 122 Å². The summed E-state index contributed by atoms with van der Waals surface area (Å²) in [5.41, 5.74) is 4.94. The van der Waals surface area contributed by atoms with E-state index < -0.39 is 5.91 Å². The van der Waals surface area contributed by atoms with Crippen LogP contribution in [0.1, 0.15) is 122 Å². The van der Waals surface area contributed by atoms with Crippen LogP contribution in [0.3, 0.4) is 0 Å². The van der Waals surface area contributed by atoms with Crippen LogP contribution in [0.15, 0.2) is 0 Å². The van der Waals surface area contributed by atoms with Crippen LogP contribution in [-0.2, 0) is 38.1 Å². The summed E-state index contributed by atoms with van der Waals surface area (Å²) in [7, 11) is 0. The lowest BCUT2D eigenvalue weighted by Crippen LogP contribution is -2.31. The molecule has 12 nitrogen and oxygen atoms in total. The van der Waals surface area contributed by atoms with Gasteiger partial charge in [0.25, 0.3) is 0 Å². The molecule has 0 aromatic heterocycles. The molecule has 0 aliphatic carbocycles. The van der Waals surface area contributed by atoms with Crippen molar-refractivity contribution in [2.24, 2.45) is 5.73 Å². The number of carbonyl (C=O) groups is 4. The van der Waals surface area contributed by atoms with E-state index in [0.717, 1.165) is 12.8 Å². The average Bonchev–Trinajstić information content (AvgIpc) is 3.03. The number of hydrogen-bond donors (Lipinski definition) is 4. The fourth-order valence-corrected chi connectivity index (χ4v) is 4.66. The highest BCUT2D eigenvalue weighted by molar-refractivity contribution is 5.77. The summed E-state index contributed by atoms with van der Waals surface area (Å²) in [6.07, 6.45) is 21.1. The number of hydrogen-bond acceptors (Lipinski definition) is 8. The van der Waals surface area contributed by atoms with Crippen LogP contribution >= 0.6 is 0 Å². The van der Waals surface area contributed by atoms with Gasteiger partial charge in [0.15, 0.2) is 0 Å². The molecule has 0 bridgehead atoms. The van der Waals surface area contributed by atoms with Crippen molar-refractivity contribution in [2.75, 3.05) is 72.5 Å². The van der Waals surface area contributed by atoms with Crippen LogP contribution in [0.25, 0.3) is 0 Å². The Morgan fingerprint density at radius 2 is 0.826 bits per heavy atom. The van der Waals surface area contributed by atoms with Crippen molar-refractivity contribution in [1.82, 2.24) is 16.0 Å². The quantitative estimate of drug-likeness (QED) is 0.0735. The Hall–Kier alpha value is -2.28. The van der Waals surface area contributed by atoms with Crippen molar-refractivity contribution in [3.05, 3.63) is 0 Å². The maximum absolute atomic E-state index is 12.0. The zero-order valence-corrected chi connectivity index (χ0v) is 28.8. The monoisotopic (exact) mass is 658 g/mol. The highest BCUT2D eigenvalue weighted by Crippen LogP contribution is 2.13. The summed E-state index contributed by atoms with van der Waals surface area (Å²) in [6, 6.07) is 0. The molecule has 0 atom stereocenters. The molecule has 0 radical (unpaired) electrons. The third-order valence-corrected chi connectivity index (χ3v) is 7.27. The van der Waals surface area contributed by atoms with Gasteiger partial charge in [0.1, 0.15) is 13.2 Å². The van der Waals surface area contributed by atoms with Crippen LogP contribution in [0.5, 0.6) is 0 Å². The van der Waals surface area contributed by atoms with Crippen LogP contribution in [0.4, 0.5) is 0 Å². The number of nitrogens with one attached hydrogen (secondary N) is 3. The van der Waals surface area contributed by atoms with E-state index >= 15 is 0 Å². The lowest BCUT2D eigenvalue weighted by Gasteiger charge is -2.09. The third kappa shape index (κ3) is 36.2. The first-order chi connectivity index (χ1) is 22.5. The molecule has 0 saturated carbocycles. The van der Waals surface area contributed by atoms with Gasteiger partial charge in [-0.1, -0.05) is 96.8 Å². The molecule has 0 unspecified atom stereocenters. The van der Waals surface area contributed by atoms with Gasteiger partial charge in [-0.05, 0) is 12.8 Å². The van der Waals surface area contributed by atoms with E-state index in [1.54, 1.807) is 0 Å². The van der Waals surface area contributed by atoms with E-state index in [4.69, 9.17) is 24.7 Å². The van der Waals surface area contributed by atoms with E-state index in [9.17, 15) is 19.2 Å². The SMILES string of the molecule is CCCCCCCCCCCCCCCCCC(=O)NCCCC(=O)NCCOCCOCC(=O)NCCOCCOCC(N)=O. The summed E-state index contributed by atoms with van der Waals surface area (Å²) in [4.78, 5) is 46.1. The molecule has 0 aliphatic heterocycles. The number of primary amides is 1. The lowest BCUT2D eigenvalue weighted by atomic mass is 10.0. The fraction of sp³-hybridized carbons (Fsp3) is 0.882. The van der Waals surface area contributed by atoms with Gasteiger partial charge in [-0.3, -0.25) is 19.2 Å². The first-order valence-electron chi connectivity index (χ1n) is 17.8. The van der Waals surface area contributed by atoms with E-state index in [2.05, 4.69) is 22.9 Å². The Bertz CT molecular complexity index is 742. The van der Waals surface area contributed by atoms with E-state index in [1.165, 1.54) is 83.5 Å². The molecule has 4 amide bonds. The van der Waals surface area contributed by atoms with Crippen LogP contribution in [0.2, 0.25) is 0 Å². The highest BCUT2D eigenvalue weighted by Gasteiger charge is 2.05. The smallest absolute Gasteiger partial charge is 0.246 e. The third-order valence-electron chi connectivity index (χ3n) is 7.27. The molecule has 0 rings (SSSR count). The molecule has 0 aromatic rings. The van der Waals surface area contributed by atoms with Gasteiger partial charge in [-0.2, -0.15) is 0 Å². The Labute approximate surface area is 278 Å². The molecule has 46 heavy (non-hydrogen) atoms. The van der Waals surface area contributed by atoms with Crippen molar-refractivity contribution >= 4 is 23.6 Å². The first kappa shape index (κ1) is 43.7. The second kappa shape index (κ2) is 35.6. The van der Waals surface area contributed by atoms with Gasteiger partial charge in [0.2, 0.25) is 23.6 Å².